The van der Waals surface area contributed by atoms with Crippen molar-refractivity contribution in [2.45, 2.75) is 24.8 Å². The number of nitrogen functional groups attached to an aromatic ring is 1. The normalized spacial score (nSPS) is 11.8. The van der Waals surface area contributed by atoms with E-state index in [0.29, 0.717) is 19.0 Å². The fraction of sp³-hybridized carbons (Fsp3) is 0.455. The average molecular weight is 274 g/mol. The Kier molecular flexibility index (Phi) is 4.94. The quantitative estimate of drug-likeness (QED) is 0.587. The predicted octanol–water partition coefficient (Wildman–Crippen LogP) is 0.720. The van der Waals surface area contributed by atoms with E-state index in [1.807, 2.05) is 13.8 Å². The van der Waals surface area contributed by atoms with Crippen LogP contribution in [0.1, 0.15) is 13.8 Å². The van der Waals surface area contributed by atoms with Crippen molar-refractivity contribution >= 4 is 15.7 Å². The van der Waals surface area contributed by atoms with Gasteiger partial charge in [0.15, 0.2) is 0 Å². The minimum absolute atomic E-state index is 0.0692. The highest BCUT2D eigenvalue weighted by atomic mass is 32.2. The van der Waals surface area contributed by atoms with Crippen LogP contribution in [0.2, 0.25) is 0 Å². The number of ether oxygens (including phenoxy) is 2. The van der Waals surface area contributed by atoms with E-state index in [1.54, 1.807) is 0 Å². The van der Waals surface area contributed by atoms with E-state index in [0.717, 1.165) is 0 Å². The first-order valence-corrected chi connectivity index (χ1v) is 7.02. The number of anilines is 1. The maximum absolute atomic E-state index is 11.1. The standard InChI is InChI=1S/C11H18N2O4S/c1-8(2)16-5-6-17-9-3-4-11(10(12)7-9)18(13,14)15/h3-4,7-8H,5-6,12H2,1-2H3,(H2,13,14,15). The van der Waals surface area contributed by atoms with Crippen LogP contribution in [0.15, 0.2) is 23.1 Å². The van der Waals surface area contributed by atoms with E-state index in [2.05, 4.69) is 0 Å². The summed E-state index contributed by atoms with van der Waals surface area (Å²) < 4.78 is 32.9. The van der Waals surface area contributed by atoms with E-state index in [1.165, 1.54) is 18.2 Å². The minimum Gasteiger partial charge on any atom is -0.491 e. The first-order chi connectivity index (χ1) is 8.30. The van der Waals surface area contributed by atoms with Crippen LogP contribution in [0.25, 0.3) is 0 Å². The summed E-state index contributed by atoms with van der Waals surface area (Å²) in [5.41, 5.74) is 5.66. The number of benzene rings is 1. The lowest BCUT2D eigenvalue weighted by molar-refractivity contribution is 0.0553. The molecule has 0 aliphatic rings. The van der Waals surface area contributed by atoms with Gasteiger partial charge in [-0.05, 0) is 26.0 Å². The monoisotopic (exact) mass is 274 g/mol. The summed E-state index contributed by atoms with van der Waals surface area (Å²) in [6.45, 7) is 4.68. The van der Waals surface area contributed by atoms with Crippen LogP contribution >= 0.6 is 0 Å². The molecule has 0 saturated heterocycles. The molecule has 0 bridgehead atoms. The molecule has 0 amide bonds. The molecule has 0 aliphatic heterocycles. The zero-order valence-electron chi connectivity index (χ0n) is 10.4. The lowest BCUT2D eigenvalue weighted by atomic mass is 10.3. The van der Waals surface area contributed by atoms with E-state index in [4.69, 9.17) is 20.3 Å². The molecule has 0 fully saturated rings. The van der Waals surface area contributed by atoms with E-state index >= 15 is 0 Å². The van der Waals surface area contributed by atoms with Gasteiger partial charge in [0.25, 0.3) is 0 Å². The first kappa shape index (κ1) is 14.7. The third-order valence-electron chi connectivity index (χ3n) is 2.09. The van der Waals surface area contributed by atoms with Crippen molar-refractivity contribution in [3.63, 3.8) is 0 Å². The van der Waals surface area contributed by atoms with Crippen molar-refractivity contribution in [1.29, 1.82) is 0 Å². The summed E-state index contributed by atoms with van der Waals surface area (Å²) in [6, 6.07) is 4.25. The molecule has 0 aliphatic carbocycles. The third kappa shape index (κ3) is 4.52. The van der Waals surface area contributed by atoms with E-state index in [-0.39, 0.29) is 16.7 Å². The van der Waals surface area contributed by atoms with Gasteiger partial charge in [0, 0.05) is 6.07 Å². The van der Waals surface area contributed by atoms with Crippen molar-refractivity contribution in [1.82, 2.24) is 0 Å². The van der Waals surface area contributed by atoms with Crippen LogP contribution in [-0.2, 0) is 14.8 Å². The Bertz CT molecular complexity index is 500. The third-order valence-corrected chi connectivity index (χ3v) is 3.08. The summed E-state index contributed by atoms with van der Waals surface area (Å²) >= 11 is 0. The van der Waals surface area contributed by atoms with Gasteiger partial charge in [0.05, 0.1) is 18.4 Å². The molecule has 0 radical (unpaired) electrons. The fourth-order valence-electron chi connectivity index (χ4n) is 1.32. The van der Waals surface area contributed by atoms with Crippen molar-refractivity contribution in [3.05, 3.63) is 18.2 Å². The number of sulfonamides is 1. The highest BCUT2D eigenvalue weighted by Crippen LogP contribution is 2.22. The molecule has 4 N–H and O–H groups in total. The molecular weight excluding hydrogens is 256 g/mol. The van der Waals surface area contributed by atoms with Gasteiger partial charge in [-0.25, -0.2) is 13.6 Å². The number of primary sulfonamides is 1. The highest BCUT2D eigenvalue weighted by Gasteiger charge is 2.12. The topological polar surface area (TPSA) is 105 Å². The molecule has 1 aromatic carbocycles. The molecule has 6 nitrogen and oxygen atoms in total. The average Bonchev–Trinajstić information content (AvgIpc) is 2.22. The maximum atomic E-state index is 11.1. The molecule has 1 aromatic rings. The van der Waals surface area contributed by atoms with Crippen LogP contribution in [0.4, 0.5) is 5.69 Å². The zero-order valence-corrected chi connectivity index (χ0v) is 11.2. The molecule has 0 aromatic heterocycles. The lowest BCUT2D eigenvalue weighted by Gasteiger charge is -2.10. The smallest absolute Gasteiger partial charge is 0.240 e. The summed E-state index contributed by atoms with van der Waals surface area (Å²) in [7, 11) is -3.79. The second-order valence-electron chi connectivity index (χ2n) is 4.01. The largest absolute Gasteiger partial charge is 0.491 e. The van der Waals surface area contributed by atoms with Gasteiger partial charge >= 0.3 is 0 Å². The molecule has 102 valence electrons. The predicted molar refractivity (Wildman–Crippen MR) is 68.8 cm³/mol. The van der Waals surface area contributed by atoms with E-state index < -0.39 is 10.0 Å². The number of hydrogen-bond donors (Lipinski definition) is 2. The molecule has 0 atom stereocenters. The Morgan fingerprint density at radius 2 is 1.94 bits per heavy atom. The molecule has 1 rings (SSSR count). The van der Waals surface area contributed by atoms with Crippen LogP contribution in [0.3, 0.4) is 0 Å². The van der Waals surface area contributed by atoms with Gasteiger partial charge in [-0.3, -0.25) is 0 Å². The first-order valence-electron chi connectivity index (χ1n) is 5.47. The van der Waals surface area contributed by atoms with Crippen molar-refractivity contribution in [3.8, 4) is 5.75 Å². The number of nitrogens with two attached hydrogens (primary N) is 2. The molecule has 0 unspecified atom stereocenters. The van der Waals surface area contributed by atoms with Crippen molar-refractivity contribution < 1.29 is 17.9 Å². The Balaban J connectivity index is 2.63. The van der Waals surface area contributed by atoms with Crippen LogP contribution in [-0.4, -0.2) is 27.7 Å². The van der Waals surface area contributed by atoms with E-state index in [9.17, 15) is 8.42 Å². The van der Waals surface area contributed by atoms with Gasteiger partial charge in [0.1, 0.15) is 17.3 Å². The fourth-order valence-corrected chi connectivity index (χ4v) is 1.96. The summed E-state index contributed by atoms with van der Waals surface area (Å²) in [4.78, 5) is -0.103. The van der Waals surface area contributed by atoms with Crippen LogP contribution in [0, 0.1) is 0 Å². The SMILES string of the molecule is CC(C)OCCOc1ccc(S(N)(=O)=O)c(N)c1. The van der Waals surface area contributed by atoms with Gasteiger partial charge in [-0.1, -0.05) is 0 Å². The Labute approximate surface area is 107 Å². The molecular formula is C11H18N2O4S. The summed E-state index contributed by atoms with van der Waals surface area (Å²) in [5, 5.41) is 4.99. The number of hydrogen-bond acceptors (Lipinski definition) is 5. The van der Waals surface area contributed by atoms with Gasteiger partial charge in [-0.15, -0.1) is 0 Å². The summed E-state index contributed by atoms with van der Waals surface area (Å²) in [5.74, 6) is 0.479. The van der Waals surface area contributed by atoms with Crippen molar-refractivity contribution in [2.24, 2.45) is 5.14 Å². The van der Waals surface area contributed by atoms with Gasteiger partial charge in [-0.2, -0.15) is 0 Å². The highest BCUT2D eigenvalue weighted by molar-refractivity contribution is 7.89. The molecule has 0 spiro atoms. The molecule has 0 saturated carbocycles. The maximum Gasteiger partial charge on any atom is 0.240 e. The van der Waals surface area contributed by atoms with Crippen molar-refractivity contribution in [2.75, 3.05) is 18.9 Å². The number of rotatable bonds is 6. The van der Waals surface area contributed by atoms with Gasteiger partial charge in [0.2, 0.25) is 10.0 Å². The minimum atomic E-state index is -3.79. The lowest BCUT2D eigenvalue weighted by Crippen LogP contribution is -2.15. The van der Waals surface area contributed by atoms with Crippen LogP contribution < -0.4 is 15.6 Å². The Hall–Kier alpha value is -1.31. The molecule has 7 heteroatoms. The summed E-state index contributed by atoms with van der Waals surface area (Å²) in [6.07, 6.45) is 0.142. The zero-order chi connectivity index (χ0) is 13.8. The molecule has 0 heterocycles. The Morgan fingerprint density at radius 3 is 2.44 bits per heavy atom. The second-order valence-corrected chi connectivity index (χ2v) is 5.54. The molecule has 18 heavy (non-hydrogen) atoms. The Morgan fingerprint density at radius 1 is 1.28 bits per heavy atom. The van der Waals surface area contributed by atoms with Crippen LogP contribution in [0.5, 0.6) is 5.75 Å². The second kappa shape index (κ2) is 6.03. The van der Waals surface area contributed by atoms with Gasteiger partial charge < -0.3 is 15.2 Å².